The Hall–Kier alpha value is -2.62. The van der Waals surface area contributed by atoms with Crippen molar-refractivity contribution in [2.75, 3.05) is 0 Å². The van der Waals surface area contributed by atoms with Gasteiger partial charge in [0, 0.05) is 5.56 Å². The van der Waals surface area contributed by atoms with Gasteiger partial charge in [-0.3, -0.25) is 9.59 Å². The molecule has 26 heavy (non-hydrogen) atoms. The minimum Gasteiger partial charge on any atom is -0.481 e. The minimum atomic E-state index is -0.657. The average molecular weight is 353 g/mol. The van der Waals surface area contributed by atoms with E-state index in [0.717, 1.165) is 12.0 Å². The maximum atomic E-state index is 12.6. The van der Waals surface area contributed by atoms with Crippen molar-refractivity contribution in [3.05, 3.63) is 65.7 Å². The van der Waals surface area contributed by atoms with Crippen molar-refractivity contribution >= 4 is 11.7 Å². The van der Waals surface area contributed by atoms with Crippen LogP contribution < -0.4 is 10.1 Å². The van der Waals surface area contributed by atoms with E-state index in [0.29, 0.717) is 17.2 Å². The molecule has 4 nitrogen and oxygen atoms in total. The lowest BCUT2D eigenvalue weighted by Crippen LogP contribution is -2.39. The first-order valence-corrected chi connectivity index (χ1v) is 8.99. The minimum absolute atomic E-state index is 0.0337. The number of hydrogen-bond donors (Lipinski definition) is 1. The molecule has 0 heterocycles. The van der Waals surface area contributed by atoms with Crippen LogP contribution in [0.15, 0.2) is 54.6 Å². The number of benzene rings is 2. The number of hydrogen-bond acceptors (Lipinski definition) is 3. The molecule has 0 saturated heterocycles. The molecule has 4 heteroatoms. The van der Waals surface area contributed by atoms with Gasteiger partial charge >= 0.3 is 0 Å². The zero-order valence-corrected chi connectivity index (χ0v) is 15.9. The quantitative estimate of drug-likeness (QED) is 0.708. The molecule has 0 aliphatic carbocycles. The molecule has 2 atom stereocenters. The van der Waals surface area contributed by atoms with E-state index in [4.69, 9.17) is 4.74 Å². The third-order valence-electron chi connectivity index (χ3n) is 4.15. The van der Waals surface area contributed by atoms with E-state index in [1.54, 1.807) is 31.2 Å². The monoisotopic (exact) mass is 353 g/mol. The maximum absolute atomic E-state index is 12.6. The van der Waals surface area contributed by atoms with Crippen molar-refractivity contribution in [1.29, 1.82) is 0 Å². The van der Waals surface area contributed by atoms with Crippen molar-refractivity contribution < 1.29 is 14.3 Å². The number of nitrogens with one attached hydrogen (secondary N) is 1. The number of carbonyl (C=O) groups is 2. The Balaban J connectivity index is 2.06. The molecule has 0 bridgehead atoms. The SMILES string of the molecule is CC(=O)c1cccc(OC(C)C(=O)NC(CC(C)C)c2ccccc2)c1. The standard InChI is InChI=1S/C22H27NO3/c1-15(2)13-21(18-9-6-5-7-10-18)23-22(25)17(4)26-20-12-8-11-19(14-20)16(3)24/h5-12,14-15,17,21H,13H2,1-4H3,(H,23,25). The maximum Gasteiger partial charge on any atom is 0.261 e. The van der Waals surface area contributed by atoms with Gasteiger partial charge in [0.05, 0.1) is 6.04 Å². The highest BCUT2D eigenvalue weighted by atomic mass is 16.5. The second-order valence-corrected chi connectivity index (χ2v) is 6.95. The van der Waals surface area contributed by atoms with Crippen LogP contribution in [0.5, 0.6) is 5.75 Å². The molecule has 0 fully saturated rings. The molecule has 1 N–H and O–H groups in total. The van der Waals surface area contributed by atoms with Gasteiger partial charge in [0.25, 0.3) is 5.91 Å². The average Bonchev–Trinajstić information content (AvgIpc) is 2.61. The van der Waals surface area contributed by atoms with Crippen LogP contribution in [-0.2, 0) is 4.79 Å². The molecule has 1 amide bonds. The third kappa shape index (κ3) is 5.73. The van der Waals surface area contributed by atoms with Crippen molar-refractivity contribution in [3.63, 3.8) is 0 Å². The summed E-state index contributed by atoms with van der Waals surface area (Å²) >= 11 is 0. The Morgan fingerprint density at radius 2 is 1.69 bits per heavy atom. The zero-order chi connectivity index (χ0) is 19.1. The molecular weight excluding hydrogens is 326 g/mol. The Bertz CT molecular complexity index is 740. The summed E-state index contributed by atoms with van der Waals surface area (Å²) in [6.07, 6.45) is 0.193. The fourth-order valence-corrected chi connectivity index (χ4v) is 2.77. The number of carbonyl (C=O) groups excluding carboxylic acids is 2. The van der Waals surface area contributed by atoms with Gasteiger partial charge in [0.2, 0.25) is 0 Å². The van der Waals surface area contributed by atoms with Gasteiger partial charge in [-0.25, -0.2) is 0 Å². The molecule has 0 aliphatic rings. The highest BCUT2D eigenvalue weighted by molar-refractivity contribution is 5.94. The summed E-state index contributed by atoms with van der Waals surface area (Å²) < 4.78 is 5.74. The van der Waals surface area contributed by atoms with Gasteiger partial charge in [-0.15, -0.1) is 0 Å². The summed E-state index contributed by atoms with van der Waals surface area (Å²) in [4.78, 5) is 24.1. The number of ketones is 1. The highest BCUT2D eigenvalue weighted by Gasteiger charge is 2.21. The second kappa shape index (κ2) is 9.18. The van der Waals surface area contributed by atoms with Gasteiger partial charge < -0.3 is 10.1 Å². The van der Waals surface area contributed by atoms with E-state index in [9.17, 15) is 9.59 Å². The summed E-state index contributed by atoms with van der Waals surface area (Å²) in [6, 6.07) is 16.8. The van der Waals surface area contributed by atoms with Crippen LogP contribution in [0.25, 0.3) is 0 Å². The van der Waals surface area contributed by atoms with Crippen LogP contribution in [0.3, 0.4) is 0 Å². The fourth-order valence-electron chi connectivity index (χ4n) is 2.77. The van der Waals surface area contributed by atoms with Crippen molar-refractivity contribution in [3.8, 4) is 5.75 Å². The molecule has 2 aromatic rings. The molecule has 2 aromatic carbocycles. The van der Waals surface area contributed by atoms with Crippen molar-refractivity contribution in [1.82, 2.24) is 5.32 Å². The molecule has 138 valence electrons. The van der Waals surface area contributed by atoms with Crippen LogP contribution in [0, 0.1) is 5.92 Å². The van der Waals surface area contributed by atoms with Gasteiger partial charge in [0.15, 0.2) is 11.9 Å². The highest BCUT2D eigenvalue weighted by Crippen LogP contribution is 2.22. The van der Waals surface area contributed by atoms with Gasteiger partial charge in [-0.05, 0) is 43.9 Å². The normalized spacial score (nSPS) is 13.1. The molecule has 0 aliphatic heterocycles. The van der Waals surface area contributed by atoms with Crippen molar-refractivity contribution in [2.45, 2.75) is 46.3 Å². The van der Waals surface area contributed by atoms with Gasteiger partial charge in [-0.2, -0.15) is 0 Å². The topological polar surface area (TPSA) is 55.4 Å². The molecule has 0 aromatic heterocycles. The fraction of sp³-hybridized carbons (Fsp3) is 0.364. The predicted molar refractivity (Wildman–Crippen MR) is 103 cm³/mol. The Morgan fingerprint density at radius 3 is 2.31 bits per heavy atom. The summed E-state index contributed by atoms with van der Waals surface area (Å²) in [5.41, 5.74) is 1.65. The van der Waals surface area contributed by atoms with E-state index < -0.39 is 6.10 Å². The largest absolute Gasteiger partial charge is 0.481 e. The Kier molecular flexibility index (Phi) is 6.96. The van der Waals surface area contributed by atoms with Crippen LogP contribution in [0.4, 0.5) is 0 Å². The van der Waals surface area contributed by atoms with E-state index in [-0.39, 0.29) is 17.7 Å². The summed E-state index contributed by atoms with van der Waals surface area (Å²) in [5.74, 6) is 0.755. The summed E-state index contributed by atoms with van der Waals surface area (Å²) in [7, 11) is 0. The molecule has 0 radical (unpaired) electrons. The molecule has 0 saturated carbocycles. The second-order valence-electron chi connectivity index (χ2n) is 6.95. The molecule has 2 unspecified atom stereocenters. The van der Waals surface area contributed by atoms with Crippen LogP contribution in [0.2, 0.25) is 0 Å². The lowest BCUT2D eigenvalue weighted by atomic mass is 9.97. The third-order valence-corrected chi connectivity index (χ3v) is 4.15. The van der Waals surface area contributed by atoms with E-state index in [1.807, 2.05) is 30.3 Å². The zero-order valence-electron chi connectivity index (χ0n) is 15.9. The lowest BCUT2D eigenvalue weighted by molar-refractivity contribution is -0.128. The van der Waals surface area contributed by atoms with E-state index >= 15 is 0 Å². The first kappa shape index (κ1) is 19.7. The molecule has 2 rings (SSSR count). The Morgan fingerprint density at radius 1 is 1.00 bits per heavy atom. The molecule has 0 spiro atoms. The lowest BCUT2D eigenvalue weighted by Gasteiger charge is -2.23. The van der Waals surface area contributed by atoms with Crippen molar-refractivity contribution in [2.24, 2.45) is 5.92 Å². The number of Topliss-reactive ketones (excluding diaryl/α,β-unsaturated/α-hetero) is 1. The number of amides is 1. The van der Waals surface area contributed by atoms with Crippen LogP contribution >= 0.6 is 0 Å². The first-order valence-electron chi connectivity index (χ1n) is 8.99. The van der Waals surface area contributed by atoms with Gasteiger partial charge in [-0.1, -0.05) is 56.3 Å². The summed E-state index contributed by atoms with van der Waals surface area (Å²) in [5, 5.41) is 3.09. The van der Waals surface area contributed by atoms with E-state index in [2.05, 4.69) is 19.2 Å². The first-order chi connectivity index (χ1) is 12.4. The van der Waals surface area contributed by atoms with Crippen LogP contribution in [-0.4, -0.2) is 17.8 Å². The predicted octanol–water partition coefficient (Wildman–Crippen LogP) is 4.56. The smallest absolute Gasteiger partial charge is 0.261 e. The van der Waals surface area contributed by atoms with Gasteiger partial charge in [0.1, 0.15) is 5.75 Å². The van der Waals surface area contributed by atoms with E-state index in [1.165, 1.54) is 6.92 Å². The molecular formula is C22H27NO3. The summed E-state index contributed by atoms with van der Waals surface area (Å²) in [6.45, 7) is 7.49. The number of ether oxygens (including phenoxy) is 1. The number of rotatable bonds is 8. The Labute approximate surface area is 155 Å². The van der Waals surface area contributed by atoms with Crippen LogP contribution in [0.1, 0.15) is 56.1 Å².